The summed E-state index contributed by atoms with van der Waals surface area (Å²) in [4.78, 5) is 16.2. The van der Waals surface area contributed by atoms with E-state index in [9.17, 15) is 9.18 Å². The van der Waals surface area contributed by atoms with Gasteiger partial charge in [0, 0.05) is 11.4 Å². The van der Waals surface area contributed by atoms with Crippen LogP contribution in [0.1, 0.15) is 28.5 Å². The number of hydrogen-bond donors (Lipinski definition) is 2. The van der Waals surface area contributed by atoms with Gasteiger partial charge in [-0.3, -0.25) is 4.79 Å². The van der Waals surface area contributed by atoms with Crippen molar-refractivity contribution in [2.45, 2.75) is 13.0 Å². The van der Waals surface area contributed by atoms with Crippen molar-refractivity contribution in [2.75, 3.05) is 12.4 Å². The SMILES string of the molecule is COc1cc(F)ccc1NC(=O)c1csc(C(C)N)n1. The van der Waals surface area contributed by atoms with Crippen LogP contribution in [0, 0.1) is 5.82 Å². The molecule has 3 N–H and O–H groups in total. The van der Waals surface area contributed by atoms with Gasteiger partial charge in [0.1, 0.15) is 22.3 Å². The molecule has 1 heterocycles. The molecule has 0 saturated carbocycles. The number of nitrogens with two attached hydrogens (primary N) is 1. The third-order valence-electron chi connectivity index (χ3n) is 2.56. The van der Waals surface area contributed by atoms with Crippen molar-refractivity contribution in [1.82, 2.24) is 4.98 Å². The number of anilines is 1. The number of ether oxygens (including phenoxy) is 1. The molecule has 0 bridgehead atoms. The quantitative estimate of drug-likeness (QED) is 0.908. The van der Waals surface area contributed by atoms with Crippen LogP contribution >= 0.6 is 11.3 Å². The third-order valence-corrected chi connectivity index (χ3v) is 3.60. The predicted octanol–water partition coefficient (Wildman–Crippen LogP) is 2.56. The first kappa shape index (κ1) is 14.4. The number of nitrogens with one attached hydrogen (secondary N) is 1. The lowest BCUT2D eigenvalue weighted by molar-refractivity contribution is 0.102. The lowest BCUT2D eigenvalue weighted by Gasteiger charge is -2.09. The van der Waals surface area contributed by atoms with Gasteiger partial charge in [0.25, 0.3) is 5.91 Å². The van der Waals surface area contributed by atoms with E-state index in [1.54, 1.807) is 12.3 Å². The molecular formula is C13H14FN3O2S. The van der Waals surface area contributed by atoms with E-state index >= 15 is 0 Å². The Hall–Kier alpha value is -1.99. The van der Waals surface area contributed by atoms with Crippen LogP contribution in [-0.4, -0.2) is 18.0 Å². The van der Waals surface area contributed by atoms with Crippen molar-refractivity contribution in [1.29, 1.82) is 0 Å². The van der Waals surface area contributed by atoms with Crippen LogP contribution in [0.25, 0.3) is 0 Å². The van der Waals surface area contributed by atoms with Crippen LogP contribution in [0.15, 0.2) is 23.6 Å². The summed E-state index contributed by atoms with van der Waals surface area (Å²) in [6.07, 6.45) is 0. The zero-order valence-corrected chi connectivity index (χ0v) is 11.8. The summed E-state index contributed by atoms with van der Waals surface area (Å²) in [5, 5.41) is 4.94. The van der Waals surface area contributed by atoms with Gasteiger partial charge in [0.05, 0.1) is 18.8 Å². The molecule has 1 aromatic carbocycles. The molecule has 20 heavy (non-hydrogen) atoms. The van der Waals surface area contributed by atoms with E-state index in [-0.39, 0.29) is 17.5 Å². The van der Waals surface area contributed by atoms with Crippen LogP contribution in [-0.2, 0) is 0 Å². The molecule has 0 aliphatic heterocycles. The Kier molecular flexibility index (Phi) is 4.31. The highest BCUT2D eigenvalue weighted by Crippen LogP contribution is 2.26. The first-order valence-electron chi connectivity index (χ1n) is 5.87. The molecule has 2 aromatic rings. The number of aromatic nitrogens is 1. The first-order valence-corrected chi connectivity index (χ1v) is 6.75. The van der Waals surface area contributed by atoms with E-state index in [0.29, 0.717) is 10.7 Å². The molecule has 0 aliphatic rings. The van der Waals surface area contributed by atoms with Crippen LogP contribution in [0.3, 0.4) is 0 Å². The zero-order valence-electron chi connectivity index (χ0n) is 11.0. The van der Waals surface area contributed by atoms with Crippen molar-refractivity contribution < 1.29 is 13.9 Å². The van der Waals surface area contributed by atoms with Crippen molar-refractivity contribution in [3.05, 3.63) is 40.1 Å². The normalized spacial score (nSPS) is 12.0. The van der Waals surface area contributed by atoms with Crippen LogP contribution in [0.4, 0.5) is 10.1 Å². The number of methoxy groups -OCH3 is 1. The zero-order chi connectivity index (χ0) is 14.7. The van der Waals surface area contributed by atoms with Gasteiger partial charge in [-0.15, -0.1) is 11.3 Å². The molecule has 1 unspecified atom stereocenters. The second kappa shape index (κ2) is 5.98. The topological polar surface area (TPSA) is 77.2 Å². The lowest BCUT2D eigenvalue weighted by Crippen LogP contribution is -2.14. The minimum atomic E-state index is -0.437. The second-order valence-corrected chi connectivity index (χ2v) is 5.05. The van der Waals surface area contributed by atoms with E-state index in [1.807, 2.05) is 0 Å². The van der Waals surface area contributed by atoms with E-state index in [0.717, 1.165) is 0 Å². The number of halogens is 1. The fourth-order valence-corrected chi connectivity index (χ4v) is 2.31. The second-order valence-electron chi connectivity index (χ2n) is 4.16. The van der Waals surface area contributed by atoms with E-state index in [1.165, 1.54) is 36.6 Å². The van der Waals surface area contributed by atoms with Crippen LogP contribution < -0.4 is 15.8 Å². The van der Waals surface area contributed by atoms with Gasteiger partial charge < -0.3 is 15.8 Å². The van der Waals surface area contributed by atoms with Gasteiger partial charge in [-0.05, 0) is 19.1 Å². The highest BCUT2D eigenvalue weighted by atomic mass is 32.1. The van der Waals surface area contributed by atoms with Crippen molar-refractivity contribution in [3.63, 3.8) is 0 Å². The van der Waals surface area contributed by atoms with Gasteiger partial charge in [-0.2, -0.15) is 0 Å². The highest BCUT2D eigenvalue weighted by Gasteiger charge is 2.15. The van der Waals surface area contributed by atoms with Gasteiger partial charge >= 0.3 is 0 Å². The maximum absolute atomic E-state index is 13.1. The summed E-state index contributed by atoms with van der Waals surface area (Å²) < 4.78 is 18.1. The first-order chi connectivity index (χ1) is 9.51. The lowest BCUT2D eigenvalue weighted by atomic mass is 10.2. The Balaban J connectivity index is 2.18. The number of carbonyl (C=O) groups excluding carboxylic acids is 1. The summed E-state index contributed by atoms with van der Waals surface area (Å²) in [7, 11) is 1.40. The van der Waals surface area contributed by atoms with Gasteiger partial charge in [0.15, 0.2) is 0 Å². The molecule has 106 valence electrons. The number of hydrogen-bond acceptors (Lipinski definition) is 5. The Bertz CT molecular complexity index is 628. The molecule has 1 atom stereocenters. The van der Waals surface area contributed by atoms with E-state index < -0.39 is 11.7 Å². The minimum absolute atomic E-state index is 0.220. The Morgan fingerprint density at radius 1 is 1.55 bits per heavy atom. The van der Waals surface area contributed by atoms with Crippen LogP contribution in [0.2, 0.25) is 0 Å². The van der Waals surface area contributed by atoms with E-state index in [4.69, 9.17) is 10.5 Å². The average molecular weight is 295 g/mol. The summed E-state index contributed by atoms with van der Waals surface area (Å²) >= 11 is 1.32. The number of benzene rings is 1. The molecule has 1 amide bonds. The van der Waals surface area contributed by atoms with Crippen molar-refractivity contribution in [2.24, 2.45) is 5.73 Å². The molecule has 0 spiro atoms. The fraction of sp³-hybridized carbons (Fsp3) is 0.231. The Morgan fingerprint density at radius 3 is 2.90 bits per heavy atom. The van der Waals surface area contributed by atoms with Crippen LogP contribution in [0.5, 0.6) is 5.75 Å². The van der Waals surface area contributed by atoms with Gasteiger partial charge in [0.2, 0.25) is 0 Å². The number of rotatable bonds is 4. The number of nitrogens with zero attached hydrogens (tertiary/aromatic N) is 1. The van der Waals surface area contributed by atoms with Crippen molar-refractivity contribution in [3.8, 4) is 5.75 Å². The minimum Gasteiger partial charge on any atom is -0.494 e. The molecule has 7 heteroatoms. The molecule has 0 aliphatic carbocycles. The molecule has 2 rings (SSSR count). The maximum Gasteiger partial charge on any atom is 0.275 e. The standard InChI is InChI=1S/C13H14FN3O2S/c1-7(15)13-17-10(6-20-13)12(18)16-9-4-3-8(14)5-11(9)19-2/h3-7H,15H2,1-2H3,(H,16,18). The van der Waals surface area contributed by atoms with Gasteiger partial charge in [-0.1, -0.05) is 0 Å². The summed E-state index contributed by atoms with van der Waals surface area (Å²) in [5.74, 6) is -0.577. The Labute approximate surface area is 119 Å². The molecule has 1 aromatic heterocycles. The number of amides is 1. The number of thiazole rings is 1. The monoisotopic (exact) mass is 295 g/mol. The van der Waals surface area contributed by atoms with E-state index in [2.05, 4.69) is 10.3 Å². The average Bonchev–Trinajstić information content (AvgIpc) is 2.90. The fourth-order valence-electron chi connectivity index (χ4n) is 1.56. The molecular weight excluding hydrogens is 281 g/mol. The Morgan fingerprint density at radius 2 is 2.30 bits per heavy atom. The summed E-state index contributed by atoms with van der Waals surface area (Å²) in [5.41, 5.74) is 6.35. The molecule has 0 fully saturated rings. The largest absolute Gasteiger partial charge is 0.494 e. The summed E-state index contributed by atoms with van der Waals surface area (Å²) in [6, 6.07) is 3.66. The smallest absolute Gasteiger partial charge is 0.275 e. The van der Waals surface area contributed by atoms with Gasteiger partial charge in [-0.25, -0.2) is 9.37 Å². The maximum atomic E-state index is 13.1. The summed E-state index contributed by atoms with van der Waals surface area (Å²) in [6.45, 7) is 1.80. The molecule has 0 radical (unpaired) electrons. The highest BCUT2D eigenvalue weighted by molar-refractivity contribution is 7.09. The van der Waals surface area contributed by atoms with Crippen molar-refractivity contribution >= 4 is 22.9 Å². The molecule has 0 saturated heterocycles. The predicted molar refractivity (Wildman–Crippen MR) is 75.6 cm³/mol. The number of carbonyl (C=O) groups is 1. The molecule has 5 nitrogen and oxygen atoms in total. The third kappa shape index (κ3) is 3.12.